The summed E-state index contributed by atoms with van der Waals surface area (Å²) in [6, 6.07) is 24.0. The van der Waals surface area contributed by atoms with Crippen molar-refractivity contribution in [1.82, 2.24) is 0 Å². The van der Waals surface area contributed by atoms with Crippen LogP contribution in [-0.2, 0) is 12.8 Å². The van der Waals surface area contributed by atoms with Crippen LogP contribution in [-0.4, -0.2) is 0 Å². The van der Waals surface area contributed by atoms with Gasteiger partial charge in [-0.05, 0) is 82.6 Å². The molecule has 4 aromatic carbocycles. The van der Waals surface area contributed by atoms with Gasteiger partial charge in [0.1, 0.15) is 0 Å². The van der Waals surface area contributed by atoms with Gasteiger partial charge in [-0.1, -0.05) is 114 Å². The summed E-state index contributed by atoms with van der Waals surface area (Å²) < 4.78 is 2.82. The number of benzene rings is 4. The standard InChI is InChI=1S/C36H44S/c1-3-5-7-9-11-13-15-27-17-19-29-25-35-33(23-31(29)21-27)34-24-32-22-28(16-14-12-10-8-6-4-2)18-20-30(32)26-36(34)37-35/h17-26H,3-16H2,1-2H3. The Kier molecular flexibility index (Phi) is 9.16. The van der Waals surface area contributed by atoms with Crippen molar-refractivity contribution in [2.24, 2.45) is 0 Å². The minimum absolute atomic E-state index is 1.20. The highest BCUT2D eigenvalue weighted by molar-refractivity contribution is 7.26. The van der Waals surface area contributed by atoms with E-state index in [0.717, 1.165) is 0 Å². The molecule has 1 heterocycles. The lowest BCUT2D eigenvalue weighted by Gasteiger charge is -2.06. The average Bonchev–Trinajstić information content (AvgIpc) is 3.25. The Morgan fingerprint density at radius 3 is 1.32 bits per heavy atom. The molecule has 1 aromatic heterocycles. The van der Waals surface area contributed by atoms with E-state index in [4.69, 9.17) is 0 Å². The molecule has 0 spiro atoms. The molecule has 0 unspecified atom stereocenters. The predicted molar refractivity (Wildman–Crippen MR) is 169 cm³/mol. The Morgan fingerprint density at radius 1 is 0.432 bits per heavy atom. The zero-order chi connectivity index (χ0) is 25.5. The van der Waals surface area contributed by atoms with Crippen molar-refractivity contribution in [1.29, 1.82) is 0 Å². The molecule has 1 heteroatoms. The molecule has 37 heavy (non-hydrogen) atoms. The second-order valence-corrected chi connectivity index (χ2v) is 12.3. The van der Waals surface area contributed by atoms with Crippen molar-refractivity contribution in [2.45, 2.75) is 104 Å². The molecular weight excluding hydrogens is 464 g/mol. The third kappa shape index (κ3) is 6.55. The number of unbranched alkanes of at least 4 members (excludes halogenated alkanes) is 10. The smallest absolute Gasteiger partial charge is 0.0361 e. The highest BCUT2D eigenvalue weighted by Crippen LogP contribution is 2.39. The van der Waals surface area contributed by atoms with E-state index >= 15 is 0 Å². The summed E-state index contributed by atoms with van der Waals surface area (Å²) in [4.78, 5) is 0. The van der Waals surface area contributed by atoms with Crippen molar-refractivity contribution < 1.29 is 0 Å². The van der Waals surface area contributed by atoms with Gasteiger partial charge in [-0.3, -0.25) is 0 Å². The maximum absolute atomic E-state index is 2.46. The predicted octanol–water partition coefficient (Wildman–Crippen LogP) is 12.2. The quantitative estimate of drug-likeness (QED) is 0.131. The van der Waals surface area contributed by atoms with Crippen LogP contribution in [0.1, 0.15) is 102 Å². The fraction of sp³-hybridized carbons (Fsp3) is 0.444. The minimum Gasteiger partial charge on any atom is -0.135 e. The molecule has 5 rings (SSSR count). The van der Waals surface area contributed by atoms with Crippen LogP contribution in [0.3, 0.4) is 0 Å². The van der Waals surface area contributed by atoms with Crippen LogP contribution in [0, 0.1) is 0 Å². The van der Waals surface area contributed by atoms with Gasteiger partial charge in [0.25, 0.3) is 0 Å². The zero-order valence-electron chi connectivity index (χ0n) is 23.1. The highest BCUT2D eigenvalue weighted by atomic mass is 32.1. The Bertz CT molecular complexity index is 1340. The van der Waals surface area contributed by atoms with E-state index in [0.29, 0.717) is 0 Å². The van der Waals surface area contributed by atoms with Crippen molar-refractivity contribution in [3.63, 3.8) is 0 Å². The first-order valence-corrected chi connectivity index (χ1v) is 15.9. The minimum atomic E-state index is 1.20. The number of thiophene rings is 1. The van der Waals surface area contributed by atoms with E-state index in [1.54, 1.807) is 0 Å². The van der Waals surface area contributed by atoms with Crippen molar-refractivity contribution in [3.05, 3.63) is 71.8 Å². The van der Waals surface area contributed by atoms with Crippen LogP contribution in [0.2, 0.25) is 0 Å². The van der Waals surface area contributed by atoms with Crippen molar-refractivity contribution >= 4 is 53.1 Å². The van der Waals surface area contributed by atoms with Gasteiger partial charge in [-0.2, -0.15) is 0 Å². The van der Waals surface area contributed by atoms with Gasteiger partial charge in [0.15, 0.2) is 0 Å². The van der Waals surface area contributed by atoms with Gasteiger partial charge in [0.05, 0.1) is 0 Å². The topological polar surface area (TPSA) is 0 Å². The molecule has 0 saturated carbocycles. The average molecular weight is 509 g/mol. The summed E-state index contributed by atoms with van der Waals surface area (Å²) in [7, 11) is 0. The molecule has 0 aliphatic rings. The first-order chi connectivity index (χ1) is 18.2. The molecule has 0 bridgehead atoms. The number of aryl methyl sites for hydroxylation is 2. The number of fused-ring (bicyclic) bond motifs is 5. The molecule has 0 nitrogen and oxygen atoms in total. The zero-order valence-corrected chi connectivity index (χ0v) is 23.9. The molecule has 0 atom stereocenters. The van der Waals surface area contributed by atoms with E-state index < -0.39 is 0 Å². The molecule has 0 aliphatic carbocycles. The number of hydrogen-bond acceptors (Lipinski definition) is 1. The normalized spacial score (nSPS) is 11.9. The maximum Gasteiger partial charge on any atom is 0.0361 e. The van der Waals surface area contributed by atoms with Gasteiger partial charge in [0.2, 0.25) is 0 Å². The van der Waals surface area contributed by atoms with Crippen LogP contribution < -0.4 is 0 Å². The van der Waals surface area contributed by atoms with Crippen LogP contribution in [0.5, 0.6) is 0 Å². The summed E-state index contributed by atoms with van der Waals surface area (Å²) in [6.45, 7) is 4.58. The molecule has 0 aliphatic heterocycles. The fourth-order valence-corrected chi connectivity index (χ4v) is 7.06. The third-order valence-corrected chi connectivity index (χ3v) is 9.27. The third-order valence-electron chi connectivity index (χ3n) is 8.15. The second kappa shape index (κ2) is 12.9. The lowest BCUT2D eigenvalue weighted by molar-refractivity contribution is 0.607. The van der Waals surface area contributed by atoms with Gasteiger partial charge in [0, 0.05) is 20.2 Å². The maximum atomic E-state index is 2.46. The number of rotatable bonds is 14. The van der Waals surface area contributed by atoms with Gasteiger partial charge in [-0.15, -0.1) is 11.3 Å². The molecule has 0 fully saturated rings. The van der Waals surface area contributed by atoms with Crippen molar-refractivity contribution in [2.75, 3.05) is 0 Å². The van der Waals surface area contributed by atoms with Gasteiger partial charge < -0.3 is 0 Å². The highest BCUT2D eigenvalue weighted by Gasteiger charge is 2.09. The molecule has 5 aromatic rings. The summed E-state index contributed by atoms with van der Waals surface area (Å²) in [5.41, 5.74) is 2.98. The Balaban J connectivity index is 1.35. The first-order valence-electron chi connectivity index (χ1n) is 15.1. The van der Waals surface area contributed by atoms with Crippen LogP contribution in [0.15, 0.2) is 60.7 Å². The Hall–Kier alpha value is -2.38. The largest absolute Gasteiger partial charge is 0.135 e. The molecule has 0 amide bonds. The molecule has 0 saturated heterocycles. The monoisotopic (exact) mass is 508 g/mol. The Morgan fingerprint density at radius 2 is 0.865 bits per heavy atom. The lowest BCUT2D eigenvalue weighted by Crippen LogP contribution is -1.87. The first kappa shape index (κ1) is 26.2. The summed E-state index contributed by atoms with van der Waals surface area (Å²) >= 11 is 1.95. The summed E-state index contributed by atoms with van der Waals surface area (Å²) in [5.74, 6) is 0. The van der Waals surface area contributed by atoms with Crippen molar-refractivity contribution in [3.8, 4) is 0 Å². The fourth-order valence-electron chi connectivity index (χ4n) is 5.89. The van der Waals surface area contributed by atoms with Crippen LogP contribution in [0.25, 0.3) is 41.7 Å². The van der Waals surface area contributed by atoms with Crippen LogP contribution >= 0.6 is 11.3 Å². The van der Waals surface area contributed by atoms with E-state index in [1.807, 2.05) is 11.3 Å². The molecule has 194 valence electrons. The van der Waals surface area contributed by atoms with E-state index in [9.17, 15) is 0 Å². The molecule has 0 radical (unpaired) electrons. The molecule has 0 N–H and O–H groups in total. The van der Waals surface area contributed by atoms with Gasteiger partial charge in [-0.25, -0.2) is 0 Å². The number of hydrogen-bond donors (Lipinski definition) is 0. The summed E-state index contributed by atoms with van der Waals surface area (Å²) in [5, 5.41) is 8.38. The SMILES string of the molecule is CCCCCCCCc1ccc2cc3sc4cc5ccc(CCCCCCCC)cc5cc4c3cc2c1. The van der Waals surface area contributed by atoms with E-state index in [1.165, 1.54) is 143 Å². The second-order valence-electron chi connectivity index (χ2n) is 11.2. The van der Waals surface area contributed by atoms with E-state index in [-0.39, 0.29) is 0 Å². The molecular formula is C36H44S. The van der Waals surface area contributed by atoms with Crippen LogP contribution in [0.4, 0.5) is 0 Å². The Labute approximate surface area is 228 Å². The van der Waals surface area contributed by atoms with Gasteiger partial charge >= 0.3 is 0 Å². The lowest BCUT2D eigenvalue weighted by atomic mass is 9.98. The van der Waals surface area contributed by atoms with E-state index in [2.05, 4.69) is 74.5 Å². The summed E-state index contributed by atoms with van der Waals surface area (Å²) in [6.07, 6.45) is 18.7.